The number of amides is 2. The van der Waals surface area contributed by atoms with Crippen molar-refractivity contribution < 1.29 is 9.53 Å². The van der Waals surface area contributed by atoms with Gasteiger partial charge in [0, 0.05) is 17.1 Å². The molecule has 100 valence electrons. The summed E-state index contributed by atoms with van der Waals surface area (Å²) in [5.41, 5.74) is 1.07. The molecule has 0 atom stereocenters. The van der Waals surface area contributed by atoms with Crippen LogP contribution < -0.4 is 15.4 Å². The molecule has 0 saturated heterocycles. The Morgan fingerprint density at radius 2 is 2.17 bits per heavy atom. The molecule has 0 radical (unpaired) electrons. The Morgan fingerprint density at radius 1 is 1.44 bits per heavy atom. The molecular weight excluding hydrogens is 296 g/mol. The second kappa shape index (κ2) is 7.26. The summed E-state index contributed by atoms with van der Waals surface area (Å²) >= 11 is 3.42. The lowest BCUT2D eigenvalue weighted by Crippen LogP contribution is -2.40. The van der Waals surface area contributed by atoms with Crippen molar-refractivity contribution in [3.05, 3.63) is 28.2 Å². The van der Waals surface area contributed by atoms with Crippen LogP contribution in [0.15, 0.2) is 22.7 Å². The van der Waals surface area contributed by atoms with Gasteiger partial charge >= 0.3 is 6.03 Å². The predicted molar refractivity (Wildman–Crippen MR) is 76.1 cm³/mol. The van der Waals surface area contributed by atoms with Crippen molar-refractivity contribution in [3.63, 3.8) is 0 Å². The summed E-state index contributed by atoms with van der Waals surface area (Å²) in [5.74, 6) is 0.837. The second-order valence-electron chi connectivity index (χ2n) is 4.26. The lowest BCUT2D eigenvalue weighted by molar-refractivity contribution is 0.238. The van der Waals surface area contributed by atoms with E-state index in [1.165, 1.54) is 0 Å². The van der Waals surface area contributed by atoms with Crippen LogP contribution in [0.3, 0.4) is 0 Å². The molecule has 0 saturated carbocycles. The van der Waals surface area contributed by atoms with Crippen LogP contribution in [-0.4, -0.2) is 25.7 Å². The van der Waals surface area contributed by atoms with Gasteiger partial charge in [-0.2, -0.15) is 0 Å². The molecular formula is C13H19BrN2O2. The number of hydrogen-bond acceptors (Lipinski definition) is 2. The van der Waals surface area contributed by atoms with E-state index in [0.29, 0.717) is 6.54 Å². The maximum absolute atomic E-state index is 11.4. The Bertz CT molecular complexity index is 408. The maximum Gasteiger partial charge on any atom is 0.314 e. The van der Waals surface area contributed by atoms with Crippen LogP contribution in [0, 0.1) is 0 Å². The number of rotatable bonds is 5. The van der Waals surface area contributed by atoms with Gasteiger partial charge in [0.05, 0.1) is 7.11 Å². The molecule has 0 aliphatic carbocycles. The van der Waals surface area contributed by atoms with E-state index >= 15 is 0 Å². The van der Waals surface area contributed by atoms with Gasteiger partial charge in [-0.1, -0.05) is 15.9 Å². The lowest BCUT2D eigenvalue weighted by Gasteiger charge is -2.12. The van der Waals surface area contributed by atoms with Crippen LogP contribution in [0.4, 0.5) is 4.79 Å². The van der Waals surface area contributed by atoms with Gasteiger partial charge in [0.15, 0.2) is 0 Å². The topological polar surface area (TPSA) is 50.4 Å². The molecule has 0 unspecified atom stereocenters. The van der Waals surface area contributed by atoms with E-state index < -0.39 is 0 Å². The molecule has 1 aromatic carbocycles. The number of nitrogens with one attached hydrogen (secondary N) is 2. The van der Waals surface area contributed by atoms with Crippen molar-refractivity contribution in [1.29, 1.82) is 0 Å². The number of benzene rings is 1. The van der Waals surface area contributed by atoms with Crippen molar-refractivity contribution >= 4 is 22.0 Å². The molecule has 5 heteroatoms. The number of hydrogen-bond donors (Lipinski definition) is 2. The third kappa shape index (κ3) is 4.96. The molecule has 18 heavy (non-hydrogen) atoms. The summed E-state index contributed by atoms with van der Waals surface area (Å²) in [6.45, 7) is 4.43. The molecule has 2 N–H and O–H groups in total. The van der Waals surface area contributed by atoms with E-state index in [0.717, 1.165) is 22.2 Å². The fourth-order valence-electron chi connectivity index (χ4n) is 1.57. The first-order chi connectivity index (χ1) is 8.52. The highest BCUT2D eigenvalue weighted by Crippen LogP contribution is 2.22. The quantitative estimate of drug-likeness (QED) is 0.878. The maximum atomic E-state index is 11.4. The smallest absolute Gasteiger partial charge is 0.314 e. The Labute approximate surface area is 116 Å². The van der Waals surface area contributed by atoms with Crippen LogP contribution >= 0.6 is 15.9 Å². The van der Waals surface area contributed by atoms with Crippen molar-refractivity contribution in [3.8, 4) is 5.75 Å². The fraction of sp³-hybridized carbons (Fsp3) is 0.462. The standard InChI is InChI=1S/C13H19BrN2O2/c1-9(2)16-13(17)15-7-6-10-8-11(14)4-5-12(10)18-3/h4-5,8-9H,6-7H2,1-3H3,(H2,15,16,17). The van der Waals surface area contributed by atoms with Gasteiger partial charge in [-0.25, -0.2) is 4.79 Å². The van der Waals surface area contributed by atoms with E-state index in [2.05, 4.69) is 26.6 Å². The molecule has 1 rings (SSSR count). The zero-order chi connectivity index (χ0) is 13.5. The zero-order valence-electron chi connectivity index (χ0n) is 10.9. The average molecular weight is 315 g/mol. The number of ether oxygens (including phenoxy) is 1. The third-order valence-electron chi connectivity index (χ3n) is 2.34. The van der Waals surface area contributed by atoms with E-state index in [9.17, 15) is 4.79 Å². The number of halogens is 1. The molecule has 2 amide bonds. The van der Waals surface area contributed by atoms with Gasteiger partial charge in [0.2, 0.25) is 0 Å². The van der Waals surface area contributed by atoms with E-state index in [1.54, 1.807) is 7.11 Å². The molecule has 1 aromatic rings. The van der Waals surface area contributed by atoms with Gasteiger partial charge in [-0.3, -0.25) is 0 Å². The molecule has 0 fully saturated rings. The monoisotopic (exact) mass is 314 g/mol. The number of urea groups is 1. The van der Waals surface area contributed by atoms with Gasteiger partial charge in [0.25, 0.3) is 0 Å². The largest absolute Gasteiger partial charge is 0.496 e. The highest BCUT2D eigenvalue weighted by Gasteiger charge is 2.05. The SMILES string of the molecule is COc1ccc(Br)cc1CCNC(=O)NC(C)C. The molecule has 0 spiro atoms. The van der Waals surface area contributed by atoms with Crippen molar-refractivity contribution in [1.82, 2.24) is 10.6 Å². The average Bonchev–Trinajstić information content (AvgIpc) is 2.28. The highest BCUT2D eigenvalue weighted by molar-refractivity contribution is 9.10. The zero-order valence-corrected chi connectivity index (χ0v) is 12.5. The lowest BCUT2D eigenvalue weighted by atomic mass is 10.1. The van der Waals surface area contributed by atoms with Crippen LogP contribution in [0.5, 0.6) is 5.75 Å². The summed E-state index contributed by atoms with van der Waals surface area (Å²) in [6.07, 6.45) is 0.730. The summed E-state index contributed by atoms with van der Waals surface area (Å²) < 4.78 is 6.28. The second-order valence-corrected chi connectivity index (χ2v) is 5.18. The normalized spacial score (nSPS) is 10.3. The number of carbonyl (C=O) groups is 1. The minimum absolute atomic E-state index is 0.140. The van der Waals surface area contributed by atoms with Gasteiger partial charge in [-0.15, -0.1) is 0 Å². The minimum atomic E-state index is -0.140. The number of carbonyl (C=O) groups excluding carboxylic acids is 1. The minimum Gasteiger partial charge on any atom is -0.496 e. The van der Waals surface area contributed by atoms with E-state index in [4.69, 9.17) is 4.74 Å². The Hall–Kier alpha value is -1.23. The summed E-state index contributed by atoms with van der Waals surface area (Å²) in [4.78, 5) is 11.4. The summed E-state index contributed by atoms with van der Waals surface area (Å²) in [6, 6.07) is 5.85. The molecule has 0 aliphatic heterocycles. The Morgan fingerprint density at radius 3 is 2.78 bits per heavy atom. The van der Waals surface area contributed by atoms with Crippen molar-refractivity contribution in [2.24, 2.45) is 0 Å². The van der Waals surface area contributed by atoms with Gasteiger partial charge < -0.3 is 15.4 Å². The molecule has 4 nitrogen and oxygen atoms in total. The Kier molecular flexibility index (Phi) is 5.98. The van der Waals surface area contributed by atoms with Gasteiger partial charge in [0.1, 0.15) is 5.75 Å². The molecule has 0 aliphatic rings. The molecule has 0 bridgehead atoms. The first kappa shape index (κ1) is 14.8. The molecule has 0 heterocycles. The first-order valence-corrected chi connectivity index (χ1v) is 6.69. The van der Waals surface area contributed by atoms with Crippen molar-refractivity contribution in [2.75, 3.05) is 13.7 Å². The summed E-state index contributed by atoms with van der Waals surface area (Å²) in [7, 11) is 1.64. The van der Waals surface area contributed by atoms with Gasteiger partial charge in [-0.05, 0) is 44.0 Å². The van der Waals surface area contributed by atoms with Crippen LogP contribution in [0.1, 0.15) is 19.4 Å². The first-order valence-electron chi connectivity index (χ1n) is 5.89. The molecule has 0 aromatic heterocycles. The summed E-state index contributed by atoms with van der Waals surface area (Å²) in [5, 5.41) is 5.59. The van der Waals surface area contributed by atoms with E-state index in [1.807, 2.05) is 32.0 Å². The number of methoxy groups -OCH3 is 1. The van der Waals surface area contributed by atoms with E-state index in [-0.39, 0.29) is 12.1 Å². The predicted octanol–water partition coefficient (Wildman–Crippen LogP) is 2.71. The Balaban J connectivity index is 2.48. The third-order valence-corrected chi connectivity index (χ3v) is 2.84. The van der Waals surface area contributed by atoms with Crippen LogP contribution in [-0.2, 0) is 6.42 Å². The fourth-order valence-corrected chi connectivity index (χ4v) is 1.97. The van der Waals surface area contributed by atoms with Crippen LogP contribution in [0.2, 0.25) is 0 Å². The van der Waals surface area contributed by atoms with Crippen molar-refractivity contribution in [2.45, 2.75) is 26.3 Å². The highest BCUT2D eigenvalue weighted by atomic mass is 79.9. The van der Waals surface area contributed by atoms with Crippen LogP contribution in [0.25, 0.3) is 0 Å².